The van der Waals surface area contributed by atoms with Crippen molar-refractivity contribution in [2.45, 2.75) is 49.0 Å². The highest BCUT2D eigenvalue weighted by Crippen LogP contribution is 2.62. The number of carbonyl (C=O) groups excluding carboxylic acids is 5. The van der Waals surface area contributed by atoms with Gasteiger partial charge in [0.05, 0.1) is 39.8 Å². The molecule has 3 unspecified atom stereocenters. The highest BCUT2D eigenvalue weighted by Gasteiger charge is 2.56. The number of ether oxygens (including phenoxy) is 6. The molecule has 4 heterocycles. The van der Waals surface area contributed by atoms with Crippen molar-refractivity contribution in [1.82, 2.24) is 0 Å². The van der Waals surface area contributed by atoms with Gasteiger partial charge in [-0.3, -0.25) is 0 Å². The maximum atomic E-state index is 15.3. The number of hydrogen-bond acceptors (Lipinski definition) is 31. The molecule has 31 nitrogen and oxygen atoms in total. The summed E-state index contributed by atoms with van der Waals surface area (Å²) in [5.74, 6) is -37.9. The smallest absolute Gasteiger partial charge is 0.339 e. The molecule has 0 aromatic heterocycles. The normalized spacial score (nSPS) is 20.4. The number of rotatable bonds is 5. The van der Waals surface area contributed by atoms with Gasteiger partial charge >= 0.3 is 29.8 Å². The van der Waals surface area contributed by atoms with Gasteiger partial charge in [0.1, 0.15) is 30.0 Å². The summed E-state index contributed by atoms with van der Waals surface area (Å²) in [6, 6.07) is 6.01. The molecule has 2 bridgehead atoms. The first-order valence-corrected chi connectivity index (χ1v) is 24.9. The molecule has 450 valence electrons. The minimum absolute atomic E-state index is 0.0205. The third kappa shape index (κ3) is 8.66. The van der Waals surface area contributed by atoms with Gasteiger partial charge < -0.3 is 131 Å². The Hall–Kier alpha value is -12.2. The molecule has 0 saturated heterocycles. The number of phenols is 19. The van der Waals surface area contributed by atoms with Crippen LogP contribution in [0, 0.1) is 0 Å². The van der Waals surface area contributed by atoms with Crippen LogP contribution < -0.4 is 4.74 Å². The zero-order chi connectivity index (χ0) is 63.0. The number of aliphatic hydroxyl groups is 1. The van der Waals surface area contributed by atoms with Gasteiger partial charge in [-0.15, -0.1) is 0 Å². The summed E-state index contributed by atoms with van der Waals surface area (Å²) in [7, 11) is 0. The summed E-state index contributed by atoms with van der Waals surface area (Å²) < 4.78 is 35.1. The number of hydrogen-bond donors (Lipinski definition) is 20. The van der Waals surface area contributed by atoms with E-state index in [0.29, 0.717) is 30.3 Å². The van der Waals surface area contributed by atoms with Gasteiger partial charge in [0, 0.05) is 51.4 Å². The summed E-state index contributed by atoms with van der Waals surface area (Å²) in [5.41, 5.74) is -13.3. The van der Waals surface area contributed by atoms with E-state index in [-0.39, 0.29) is 5.56 Å². The second-order valence-corrected chi connectivity index (χ2v) is 19.9. The molecular weight excluding hydrogens is 1170 g/mol. The number of benzene rings is 7. The van der Waals surface area contributed by atoms with Crippen LogP contribution in [0.15, 0.2) is 54.6 Å². The minimum Gasteiger partial charge on any atom is -0.507 e. The van der Waals surface area contributed by atoms with Crippen LogP contribution in [-0.2, 0) is 30.1 Å². The first-order chi connectivity index (χ1) is 41.0. The highest BCUT2D eigenvalue weighted by atomic mass is 16.6. The van der Waals surface area contributed by atoms with E-state index in [1.807, 2.05) is 0 Å². The Morgan fingerprint density at radius 2 is 0.908 bits per heavy atom. The second kappa shape index (κ2) is 20.0. The molecule has 7 aromatic carbocycles. The van der Waals surface area contributed by atoms with E-state index >= 15 is 14.4 Å². The van der Waals surface area contributed by atoms with E-state index in [4.69, 9.17) is 28.4 Å². The molecule has 11 rings (SSSR count). The Kier molecular flexibility index (Phi) is 13.1. The first kappa shape index (κ1) is 56.7. The molecule has 4 aliphatic heterocycles. The minimum atomic E-state index is -3.00. The van der Waals surface area contributed by atoms with E-state index in [2.05, 4.69) is 0 Å². The Bertz CT molecular complexity index is 4220. The third-order valence-electron chi connectivity index (χ3n) is 14.9. The average molecular weight is 1210 g/mol. The van der Waals surface area contributed by atoms with E-state index in [1.54, 1.807) is 0 Å². The largest absolute Gasteiger partial charge is 0.507 e. The monoisotopic (exact) mass is 1210 g/mol. The Morgan fingerprint density at radius 1 is 0.414 bits per heavy atom. The first-order valence-electron chi connectivity index (χ1n) is 24.9. The lowest BCUT2D eigenvalue weighted by atomic mass is 9.74. The number of carbonyl (C=O) groups is 5. The molecule has 4 aliphatic rings. The van der Waals surface area contributed by atoms with Crippen LogP contribution in [0.3, 0.4) is 0 Å². The van der Waals surface area contributed by atoms with Crippen molar-refractivity contribution in [2.75, 3.05) is 6.61 Å². The van der Waals surface area contributed by atoms with Gasteiger partial charge in [-0.1, -0.05) is 6.07 Å². The molecule has 7 atom stereocenters. The average Bonchev–Trinajstić information content (AvgIpc) is 0.968. The number of cyclic esters (lactones) is 3. The van der Waals surface area contributed by atoms with Crippen molar-refractivity contribution in [1.29, 1.82) is 0 Å². The third-order valence-corrected chi connectivity index (χ3v) is 14.9. The quantitative estimate of drug-likeness (QED) is 0.0668. The van der Waals surface area contributed by atoms with Crippen LogP contribution in [-0.4, -0.2) is 169 Å². The van der Waals surface area contributed by atoms with Gasteiger partial charge in [0.25, 0.3) is 0 Å². The van der Waals surface area contributed by atoms with E-state index in [9.17, 15) is 112 Å². The molecule has 0 radical (unpaired) electrons. The molecule has 0 spiro atoms. The fourth-order valence-electron chi connectivity index (χ4n) is 10.9. The Balaban J connectivity index is 1.22. The number of aliphatic hydroxyl groups excluding tert-OH is 1. The number of phenolic OH excluding ortho intramolecular Hbond substituents is 19. The molecule has 0 aliphatic carbocycles. The van der Waals surface area contributed by atoms with Crippen molar-refractivity contribution < 1.29 is 155 Å². The fourth-order valence-corrected chi connectivity index (χ4v) is 10.9. The maximum Gasteiger partial charge on any atom is 0.339 e. The van der Waals surface area contributed by atoms with Gasteiger partial charge in [0.2, 0.25) is 23.0 Å². The molecule has 31 heteroatoms. The van der Waals surface area contributed by atoms with Crippen LogP contribution in [0.25, 0.3) is 22.3 Å². The summed E-state index contributed by atoms with van der Waals surface area (Å²) >= 11 is 0. The molecule has 0 fully saturated rings. The molecular formula is C56H40O31. The standard InChI is InChI=1S/C56H40O31/c57-18-2-1-12(3-19(18)58)48-26(65)6-14-27(83-48)10-20(59)32(37(14)66)35-34-36-33(45(74)47(76)46(34)75)31-17(9-25(64)41(70)44(31)73)55(80)87-51(50(35)86-56(36)81)49-28(84-52(77)13-4-21(60)38(67)22(61)5-13)11-82-53(78)15-7-23(62)39(68)42(71)29(15)30-16(54(79)85-49)8-24(63)40(69)43(30)72/h1-5,7-10,26,28,35,48-51,57-76H,6,11H2/t26?,28?,35-,48?,49-,50+,51+/m1/s1. The lowest BCUT2D eigenvalue weighted by Gasteiger charge is -2.43. The van der Waals surface area contributed by atoms with Crippen molar-refractivity contribution in [3.8, 4) is 137 Å². The molecule has 87 heavy (non-hydrogen) atoms. The zero-order valence-electron chi connectivity index (χ0n) is 43.1. The van der Waals surface area contributed by atoms with Crippen LogP contribution in [0.4, 0.5) is 0 Å². The number of aromatic hydroxyl groups is 19. The van der Waals surface area contributed by atoms with Crippen LogP contribution in [0.5, 0.6) is 115 Å². The van der Waals surface area contributed by atoms with Crippen LogP contribution >= 0.6 is 0 Å². The SMILES string of the molecule is O=C(OC1COC(=O)c2cc(O)c(O)c(O)c2-c2c(cc(O)c(O)c2O)C(=O)O[C@H]1[C@@H]1OC(=O)c2cc(O)c(O)c(O)c2-c2c(O)c(O)c(O)c3c2C(=O)O[C@H]1[C@@H]3c1c(O)cc2c(c1O)CC(O)C(c1ccc(O)c(O)c1)O2)c1cc(O)c(O)c(O)c1. The molecule has 20 N–H and O–H groups in total. The molecule has 7 aromatic rings. The van der Waals surface area contributed by atoms with Gasteiger partial charge in [-0.25, -0.2) is 24.0 Å². The van der Waals surface area contributed by atoms with E-state index in [0.717, 1.165) is 18.2 Å². The maximum absolute atomic E-state index is 15.3. The van der Waals surface area contributed by atoms with Gasteiger partial charge in [-0.2, -0.15) is 0 Å². The summed E-state index contributed by atoms with van der Waals surface area (Å²) in [6.45, 7) is -1.63. The van der Waals surface area contributed by atoms with Crippen molar-refractivity contribution in [3.05, 3.63) is 105 Å². The van der Waals surface area contributed by atoms with Crippen molar-refractivity contribution >= 4 is 29.8 Å². The predicted molar refractivity (Wildman–Crippen MR) is 277 cm³/mol. The summed E-state index contributed by atoms with van der Waals surface area (Å²) in [6.07, 6.45) is -15.4. The zero-order valence-corrected chi connectivity index (χ0v) is 43.1. The molecule has 0 amide bonds. The molecule has 0 saturated carbocycles. The van der Waals surface area contributed by atoms with E-state index < -0.39 is 267 Å². The topological polar surface area (TPSA) is 545 Å². The lowest BCUT2D eigenvalue weighted by Crippen LogP contribution is -2.56. The predicted octanol–water partition coefficient (Wildman–Crippen LogP) is 3.30. The van der Waals surface area contributed by atoms with Gasteiger partial charge in [-0.05, 0) is 48.0 Å². The lowest BCUT2D eigenvalue weighted by molar-refractivity contribution is -0.135. The van der Waals surface area contributed by atoms with Crippen LogP contribution in [0.1, 0.15) is 86.1 Å². The second-order valence-electron chi connectivity index (χ2n) is 19.9. The fraction of sp³-hybridized carbons (Fsp3) is 0.161. The van der Waals surface area contributed by atoms with E-state index in [1.165, 1.54) is 6.07 Å². The van der Waals surface area contributed by atoms with Crippen LogP contribution in [0.2, 0.25) is 0 Å². The van der Waals surface area contributed by atoms with Gasteiger partial charge in [0.15, 0.2) is 99.2 Å². The highest BCUT2D eigenvalue weighted by molar-refractivity contribution is 6.11. The number of esters is 5. The summed E-state index contributed by atoms with van der Waals surface area (Å²) in [4.78, 5) is 74.4. The van der Waals surface area contributed by atoms with Crippen molar-refractivity contribution in [3.63, 3.8) is 0 Å². The van der Waals surface area contributed by atoms with Crippen molar-refractivity contribution in [2.24, 2.45) is 0 Å². The summed E-state index contributed by atoms with van der Waals surface area (Å²) in [5, 5.41) is 222. The number of fused-ring (bicyclic) bond motifs is 8. The Morgan fingerprint density at radius 3 is 1.46 bits per heavy atom. The Labute approximate surface area is 480 Å².